The molecule has 0 unspecified atom stereocenters. The molecule has 0 N–H and O–H groups in total. The van der Waals surface area contributed by atoms with Crippen molar-refractivity contribution in [1.29, 1.82) is 0 Å². The summed E-state index contributed by atoms with van der Waals surface area (Å²) in [6.07, 6.45) is -11.1. The molecule has 1 aromatic carbocycles. The molecule has 0 atom stereocenters. The van der Waals surface area contributed by atoms with E-state index in [1.807, 2.05) is 0 Å². The number of ether oxygens (including phenoxy) is 1. The van der Waals surface area contributed by atoms with E-state index < -0.39 is 58.6 Å². The van der Waals surface area contributed by atoms with Gasteiger partial charge in [-0.2, -0.15) is 35.1 Å². The maximum absolute atomic E-state index is 12.5. The van der Waals surface area contributed by atoms with Crippen LogP contribution in [-0.4, -0.2) is 11.5 Å². The minimum Gasteiger partial charge on any atom is -0.427 e. The Balaban J connectivity index is 3.66. The molecule has 0 saturated heterocycles. The van der Waals surface area contributed by atoms with Crippen LogP contribution >= 0.6 is 0 Å². The second-order valence-electron chi connectivity index (χ2n) is 3.50. The molecule has 0 aliphatic rings. The van der Waals surface area contributed by atoms with Crippen molar-refractivity contribution >= 4 is 5.69 Å². The zero-order valence-corrected chi connectivity index (χ0v) is 9.43. The van der Waals surface area contributed by atoms with E-state index >= 15 is 0 Å². The molecule has 0 radical (unpaired) electrons. The van der Waals surface area contributed by atoms with E-state index in [1.54, 1.807) is 0 Å². The van der Waals surface area contributed by atoms with Gasteiger partial charge in [-0.05, 0) is 0 Å². The third-order valence-electron chi connectivity index (χ3n) is 2.12. The molecule has 118 valence electrons. The van der Waals surface area contributed by atoms with Crippen LogP contribution in [0.5, 0.6) is 5.75 Å². The SMILES string of the molecule is O=[N+]([O-])c1cc(C(F)(F)F)c(C(F)(F)F)cc1OC(F)F. The lowest BCUT2D eigenvalue weighted by atomic mass is 10.0. The normalized spacial score (nSPS) is 12.6. The van der Waals surface area contributed by atoms with Gasteiger partial charge in [-0.25, -0.2) is 0 Å². The summed E-state index contributed by atoms with van der Waals surface area (Å²) in [5.74, 6) is -1.62. The number of nitro benzene ring substituents is 1. The monoisotopic (exact) mass is 325 g/mol. The lowest BCUT2D eigenvalue weighted by Gasteiger charge is -2.16. The molecule has 0 heterocycles. The highest BCUT2D eigenvalue weighted by atomic mass is 19.4. The Morgan fingerprint density at radius 3 is 1.76 bits per heavy atom. The van der Waals surface area contributed by atoms with E-state index in [1.165, 1.54) is 0 Å². The number of rotatable bonds is 3. The Hall–Kier alpha value is -2.14. The molecular formula is C9H3F8NO3. The summed E-state index contributed by atoms with van der Waals surface area (Å²) in [6, 6.07) is -0.979. The van der Waals surface area contributed by atoms with Crippen molar-refractivity contribution in [2.24, 2.45) is 0 Å². The highest BCUT2D eigenvalue weighted by Crippen LogP contribution is 2.45. The van der Waals surface area contributed by atoms with Gasteiger partial charge in [-0.1, -0.05) is 0 Å². The fraction of sp³-hybridized carbons (Fsp3) is 0.333. The van der Waals surface area contributed by atoms with Gasteiger partial charge >= 0.3 is 24.7 Å². The van der Waals surface area contributed by atoms with E-state index in [9.17, 15) is 45.2 Å². The molecule has 21 heavy (non-hydrogen) atoms. The van der Waals surface area contributed by atoms with Gasteiger partial charge in [0.15, 0.2) is 0 Å². The van der Waals surface area contributed by atoms with Crippen molar-refractivity contribution in [1.82, 2.24) is 0 Å². The number of hydrogen-bond donors (Lipinski definition) is 0. The summed E-state index contributed by atoms with van der Waals surface area (Å²) in [7, 11) is 0. The molecule has 0 aliphatic carbocycles. The van der Waals surface area contributed by atoms with Crippen LogP contribution in [-0.2, 0) is 12.4 Å². The van der Waals surface area contributed by atoms with Crippen molar-refractivity contribution in [3.63, 3.8) is 0 Å². The minimum absolute atomic E-state index is 0.479. The molecule has 1 rings (SSSR count). The largest absolute Gasteiger partial charge is 0.427 e. The third kappa shape index (κ3) is 3.92. The fourth-order valence-corrected chi connectivity index (χ4v) is 1.37. The first-order chi connectivity index (χ1) is 9.34. The van der Waals surface area contributed by atoms with Crippen LogP contribution < -0.4 is 4.74 Å². The maximum Gasteiger partial charge on any atom is 0.417 e. The molecule has 0 aliphatic heterocycles. The number of alkyl halides is 8. The summed E-state index contributed by atoms with van der Waals surface area (Å²) in [5.41, 5.74) is -6.39. The number of benzene rings is 1. The standard InChI is InChI=1S/C9H3F8NO3/c10-7(11)21-6-2-4(9(15,16)17)3(8(12,13)14)1-5(6)18(19)20/h1-2,7H. The molecule has 0 amide bonds. The quantitative estimate of drug-likeness (QED) is 0.475. The van der Waals surface area contributed by atoms with Gasteiger partial charge in [0.1, 0.15) is 0 Å². The van der Waals surface area contributed by atoms with E-state index in [-0.39, 0.29) is 0 Å². The minimum atomic E-state index is -5.57. The van der Waals surface area contributed by atoms with E-state index in [0.29, 0.717) is 0 Å². The lowest BCUT2D eigenvalue weighted by molar-refractivity contribution is -0.386. The Kier molecular flexibility index (Phi) is 4.29. The molecular weight excluding hydrogens is 322 g/mol. The zero-order valence-electron chi connectivity index (χ0n) is 9.43. The van der Waals surface area contributed by atoms with Gasteiger partial charge in [0.25, 0.3) is 0 Å². The van der Waals surface area contributed by atoms with Crippen LogP contribution in [0.3, 0.4) is 0 Å². The van der Waals surface area contributed by atoms with Crippen LogP contribution in [0.4, 0.5) is 40.8 Å². The number of hydrogen-bond acceptors (Lipinski definition) is 3. The number of nitro groups is 1. The molecule has 0 saturated carbocycles. The summed E-state index contributed by atoms with van der Waals surface area (Å²) in [5, 5.41) is 10.5. The van der Waals surface area contributed by atoms with Crippen LogP contribution in [0.1, 0.15) is 11.1 Å². The molecule has 1 aromatic rings. The maximum atomic E-state index is 12.5. The van der Waals surface area contributed by atoms with Gasteiger partial charge in [-0.15, -0.1) is 0 Å². The molecule has 0 spiro atoms. The van der Waals surface area contributed by atoms with Crippen LogP contribution in [0, 0.1) is 10.1 Å². The molecule has 0 fully saturated rings. The zero-order chi connectivity index (χ0) is 16.6. The van der Waals surface area contributed by atoms with Crippen LogP contribution in [0.25, 0.3) is 0 Å². The van der Waals surface area contributed by atoms with Crippen LogP contribution in [0.15, 0.2) is 12.1 Å². The van der Waals surface area contributed by atoms with Gasteiger partial charge < -0.3 is 4.74 Å². The second kappa shape index (κ2) is 5.33. The second-order valence-corrected chi connectivity index (χ2v) is 3.50. The Morgan fingerprint density at radius 2 is 1.43 bits per heavy atom. The van der Waals surface area contributed by atoms with Gasteiger partial charge in [-0.3, -0.25) is 10.1 Å². The van der Waals surface area contributed by atoms with E-state index in [2.05, 4.69) is 4.74 Å². The fourth-order valence-electron chi connectivity index (χ4n) is 1.37. The first-order valence-electron chi connectivity index (χ1n) is 4.75. The molecule has 0 bridgehead atoms. The summed E-state index contributed by atoms with van der Waals surface area (Å²) < 4.78 is 102. The highest BCUT2D eigenvalue weighted by Gasteiger charge is 2.45. The lowest BCUT2D eigenvalue weighted by Crippen LogP contribution is -2.18. The predicted octanol–water partition coefficient (Wildman–Crippen LogP) is 4.23. The number of halogens is 8. The van der Waals surface area contributed by atoms with Crippen molar-refractivity contribution in [3.8, 4) is 5.75 Å². The predicted molar refractivity (Wildman–Crippen MR) is 49.7 cm³/mol. The molecule has 0 aromatic heterocycles. The topological polar surface area (TPSA) is 52.4 Å². The van der Waals surface area contributed by atoms with Gasteiger partial charge in [0.2, 0.25) is 5.75 Å². The van der Waals surface area contributed by atoms with E-state index in [4.69, 9.17) is 0 Å². The average Bonchev–Trinajstić information content (AvgIpc) is 2.24. The van der Waals surface area contributed by atoms with Crippen molar-refractivity contribution in [3.05, 3.63) is 33.4 Å². The Bertz CT molecular complexity index is 551. The van der Waals surface area contributed by atoms with Gasteiger partial charge in [0, 0.05) is 12.1 Å². The van der Waals surface area contributed by atoms with Crippen molar-refractivity contribution < 1.29 is 44.8 Å². The van der Waals surface area contributed by atoms with Crippen molar-refractivity contribution in [2.75, 3.05) is 0 Å². The first kappa shape index (κ1) is 16.9. The summed E-state index contributed by atoms with van der Waals surface area (Å²) in [6.45, 7) is -3.75. The van der Waals surface area contributed by atoms with Crippen LogP contribution in [0.2, 0.25) is 0 Å². The first-order valence-corrected chi connectivity index (χ1v) is 4.75. The summed E-state index contributed by atoms with van der Waals surface area (Å²) >= 11 is 0. The van der Waals surface area contributed by atoms with E-state index in [0.717, 1.165) is 0 Å². The highest BCUT2D eigenvalue weighted by molar-refractivity contribution is 5.54. The average molecular weight is 325 g/mol. The Morgan fingerprint density at radius 1 is 1.00 bits per heavy atom. The third-order valence-corrected chi connectivity index (χ3v) is 2.12. The number of nitrogens with zero attached hydrogens (tertiary/aromatic N) is 1. The molecule has 4 nitrogen and oxygen atoms in total. The Labute approximate surface area is 110 Å². The molecule has 12 heteroatoms. The van der Waals surface area contributed by atoms with Crippen molar-refractivity contribution in [2.45, 2.75) is 19.0 Å². The van der Waals surface area contributed by atoms with Gasteiger partial charge in [0.05, 0.1) is 16.1 Å². The summed E-state index contributed by atoms with van der Waals surface area (Å²) in [4.78, 5) is 8.91. The smallest absolute Gasteiger partial charge is 0.417 e.